The standard InChI is InChI=1S/C14H18BrFO/c1-14(7-3-2-4-8-14)13(17)10-5-6-12(16)11(15)9-10/h5-6,9,13,17H,2-4,7-8H2,1H3. The van der Waals surface area contributed by atoms with Crippen LogP contribution in [-0.2, 0) is 0 Å². The second kappa shape index (κ2) is 5.07. The average Bonchev–Trinajstić information content (AvgIpc) is 2.33. The molecular weight excluding hydrogens is 283 g/mol. The second-order valence-electron chi connectivity index (χ2n) is 5.29. The summed E-state index contributed by atoms with van der Waals surface area (Å²) in [5.41, 5.74) is 0.748. The van der Waals surface area contributed by atoms with Gasteiger partial charge in [0.25, 0.3) is 0 Å². The number of hydrogen-bond donors (Lipinski definition) is 1. The molecule has 1 atom stereocenters. The third kappa shape index (κ3) is 2.71. The van der Waals surface area contributed by atoms with Crippen LogP contribution in [-0.4, -0.2) is 5.11 Å². The Morgan fingerprint density at radius 1 is 1.29 bits per heavy atom. The normalized spacial score (nSPS) is 21.2. The zero-order valence-electron chi connectivity index (χ0n) is 10.0. The van der Waals surface area contributed by atoms with Crippen molar-refractivity contribution in [3.63, 3.8) is 0 Å². The van der Waals surface area contributed by atoms with Gasteiger partial charge in [-0.3, -0.25) is 0 Å². The maximum absolute atomic E-state index is 13.2. The van der Waals surface area contributed by atoms with Gasteiger partial charge in [-0.1, -0.05) is 32.3 Å². The van der Waals surface area contributed by atoms with Gasteiger partial charge >= 0.3 is 0 Å². The zero-order valence-corrected chi connectivity index (χ0v) is 11.6. The SMILES string of the molecule is CC1(C(O)c2ccc(F)c(Br)c2)CCCCC1. The Labute approximate surface area is 110 Å². The molecule has 1 fully saturated rings. The van der Waals surface area contributed by atoms with E-state index in [-0.39, 0.29) is 11.2 Å². The minimum Gasteiger partial charge on any atom is -0.388 e. The molecule has 1 N–H and O–H groups in total. The minimum atomic E-state index is -0.500. The first-order valence-corrected chi connectivity index (χ1v) is 6.95. The molecule has 1 aliphatic rings. The zero-order chi connectivity index (χ0) is 12.5. The van der Waals surface area contributed by atoms with Crippen molar-refractivity contribution >= 4 is 15.9 Å². The van der Waals surface area contributed by atoms with Crippen LogP contribution in [0.25, 0.3) is 0 Å². The van der Waals surface area contributed by atoms with Gasteiger partial charge in [0.05, 0.1) is 10.6 Å². The number of hydrogen-bond acceptors (Lipinski definition) is 1. The van der Waals surface area contributed by atoms with Crippen LogP contribution >= 0.6 is 15.9 Å². The van der Waals surface area contributed by atoms with Gasteiger partial charge in [0.15, 0.2) is 0 Å². The van der Waals surface area contributed by atoms with Crippen LogP contribution in [0.15, 0.2) is 22.7 Å². The van der Waals surface area contributed by atoms with Crippen molar-refractivity contribution in [1.82, 2.24) is 0 Å². The van der Waals surface area contributed by atoms with Gasteiger partial charge in [-0.25, -0.2) is 4.39 Å². The van der Waals surface area contributed by atoms with E-state index in [1.165, 1.54) is 25.3 Å². The van der Waals surface area contributed by atoms with Crippen LogP contribution in [0.5, 0.6) is 0 Å². The highest BCUT2D eigenvalue weighted by atomic mass is 79.9. The molecule has 0 heterocycles. The van der Waals surface area contributed by atoms with Gasteiger partial charge in [0, 0.05) is 0 Å². The third-order valence-electron chi connectivity index (χ3n) is 3.92. The summed E-state index contributed by atoms with van der Waals surface area (Å²) >= 11 is 3.17. The average molecular weight is 301 g/mol. The first-order valence-electron chi connectivity index (χ1n) is 6.16. The van der Waals surface area contributed by atoms with Crippen molar-refractivity contribution in [2.75, 3.05) is 0 Å². The van der Waals surface area contributed by atoms with Crippen molar-refractivity contribution < 1.29 is 9.50 Å². The lowest BCUT2D eigenvalue weighted by molar-refractivity contribution is 0.00811. The van der Waals surface area contributed by atoms with E-state index in [9.17, 15) is 9.50 Å². The quantitative estimate of drug-likeness (QED) is 0.847. The van der Waals surface area contributed by atoms with Gasteiger partial charge in [-0.05, 0) is 51.9 Å². The van der Waals surface area contributed by atoms with E-state index in [1.807, 2.05) is 0 Å². The second-order valence-corrected chi connectivity index (χ2v) is 6.15. The van der Waals surface area contributed by atoms with E-state index in [0.717, 1.165) is 18.4 Å². The molecule has 0 radical (unpaired) electrons. The molecule has 1 unspecified atom stereocenters. The van der Waals surface area contributed by atoms with Crippen molar-refractivity contribution in [1.29, 1.82) is 0 Å². The molecule has 3 heteroatoms. The Hall–Kier alpha value is -0.410. The summed E-state index contributed by atoms with van der Waals surface area (Å²) in [6.07, 6.45) is 5.20. The lowest BCUT2D eigenvalue weighted by Gasteiger charge is -2.38. The minimum absolute atomic E-state index is 0.0600. The van der Waals surface area contributed by atoms with E-state index >= 15 is 0 Å². The Bertz CT molecular complexity index is 399. The lowest BCUT2D eigenvalue weighted by atomic mass is 9.70. The molecule has 0 saturated heterocycles. The summed E-state index contributed by atoms with van der Waals surface area (Å²) in [7, 11) is 0. The number of rotatable bonds is 2. The molecule has 17 heavy (non-hydrogen) atoms. The topological polar surface area (TPSA) is 20.2 Å². The Morgan fingerprint density at radius 2 is 1.94 bits per heavy atom. The van der Waals surface area contributed by atoms with Gasteiger partial charge in [0.2, 0.25) is 0 Å². The third-order valence-corrected chi connectivity index (χ3v) is 4.52. The predicted octanol–water partition coefficient (Wildman–Crippen LogP) is 4.59. The number of aliphatic hydroxyl groups is 1. The molecular formula is C14H18BrFO. The van der Waals surface area contributed by atoms with E-state index in [4.69, 9.17) is 0 Å². The fraction of sp³-hybridized carbons (Fsp3) is 0.571. The summed E-state index contributed by atoms with van der Waals surface area (Å²) in [5.74, 6) is -0.283. The molecule has 1 aromatic rings. The molecule has 0 aromatic heterocycles. The van der Waals surface area contributed by atoms with Crippen LogP contribution < -0.4 is 0 Å². The predicted molar refractivity (Wildman–Crippen MR) is 70.3 cm³/mol. The van der Waals surface area contributed by atoms with Crippen LogP contribution in [0.3, 0.4) is 0 Å². The summed E-state index contributed by atoms with van der Waals surface area (Å²) in [4.78, 5) is 0. The number of halogens is 2. The summed E-state index contributed by atoms with van der Waals surface area (Å²) < 4.78 is 13.6. The van der Waals surface area contributed by atoms with Crippen molar-refractivity contribution in [2.24, 2.45) is 5.41 Å². The summed E-state index contributed by atoms with van der Waals surface area (Å²) in [6.45, 7) is 2.13. The highest BCUT2D eigenvalue weighted by Crippen LogP contribution is 2.45. The van der Waals surface area contributed by atoms with Gasteiger partial charge in [-0.15, -0.1) is 0 Å². The monoisotopic (exact) mass is 300 g/mol. The first-order chi connectivity index (χ1) is 8.03. The lowest BCUT2D eigenvalue weighted by Crippen LogP contribution is -2.28. The molecule has 2 rings (SSSR count). The van der Waals surface area contributed by atoms with E-state index in [2.05, 4.69) is 22.9 Å². The molecule has 94 valence electrons. The van der Waals surface area contributed by atoms with Gasteiger partial charge in [-0.2, -0.15) is 0 Å². The Morgan fingerprint density at radius 3 is 2.53 bits per heavy atom. The highest BCUT2D eigenvalue weighted by Gasteiger charge is 2.35. The van der Waals surface area contributed by atoms with Crippen molar-refractivity contribution in [2.45, 2.75) is 45.1 Å². The van der Waals surface area contributed by atoms with Crippen LogP contribution in [0, 0.1) is 11.2 Å². The molecule has 1 aliphatic carbocycles. The molecule has 0 bridgehead atoms. The van der Waals surface area contributed by atoms with E-state index in [0.29, 0.717) is 4.47 Å². The fourth-order valence-corrected chi connectivity index (χ4v) is 3.11. The smallest absolute Gasteiger partial charge is 0.137 e. The van der Waals surface area contributed by atoms with E-state index in [1.54, 1.807) is 12.1 Å². The molecule has 1 aromatic carbocycles. The van der Waals surface area contributed by atoms with Crippen LogP contribution in [0.4, 0.5) is 4.39 Å². The fourth-order valence-electron chi connectivity index (χ4n) is 2.72. The van der Waals surface area contributed by atoms with Crippen LogP contribution in [0.2, 0.25) is 0 Å². The highest BCUT2D eigenvalue weighted by molar-refractivity contribution is 9.10. The van der Waals surface area contributed by atoms with Gasteiger partial charge < -0.3 is 5.11 Å². The van der Waals surface area contributed by atoms with Crippen molar-refractivity contribution in [3.05, 3.63) is 34.1 Å². The van der Waals surface area contributed by atoms with Crippen molar-refractivity contribution in [3.8, 4) is 0 Å². The summed E-state index contributed by atoms with van der Waals surface area (Å²) in [6, 6.07) is 4.79. The molecule has 1 saturated carbocycles. The van der Waals surface area contributed by atoms with E-state index < -0.39 is 6.10 Å². The largest absolute Gasteiger partial charge is 0.388 e. The summed E-state index contributed by atoms with van der Waals surface area (Å²) in [5, 5.41) is 10.5. The molecule has 0 amide bonds. The molecule has 0 spiro atoms. The first kappa shape index (κ1) is 13.0. The van der Waals surface area contributed by atoms with Crippen LogP contribution in [0.1, 0.15) is 50.7 Å². The Kier molecular flexibility index (Phi) is 3.88. The maximum Gasteiger partial charge on any atom is 0.137 e. The number of benzene rings is 1. The number of aliphatic hydroxyl groups excluding tert-OH is 1. The maximum atomic E-state index is 13.2. The Balaban J connectivity index is 2.23. The molecule has 1 nitrogen and oxygen atoms in total. The van der Waals surface area contributed by atoms with Gasteiger partial charge in [0.1, 0.15) is 5.82 Å². The molecule has 0 aliphatic heterocycles.